The summed E-state index contributed by atoms with van der Waals surface area (Å²) in [6.45, 7) is 6.01. The van der Waals surface area contributed by atoms with E-state index in [1.54, 1.807) is 11.9 Å². The number of amides is 3. The van der Waals surface area contributed by atoms with E-state index in [0.29, 0.717) is 6.54 Å². The third-order valence-electron chi connectivity index (χ3n) is 4.21. The maximum Gasteiger partial charge on any atom is 0.322 e. The highest BCUT2D eigenvalue weighted by atomic mass is 16.2. The van der Waals surface area contributed by atoms with Gasteiger partial charge in [-0.2, -0.15) is 0 Å². The molecule has 2 aromatic carbocycles. The summed E-state index contributed by atoms with van der Waals surface area (Å²) >= 11 is 0. The molecule has 0 saturated carbocycles. The van der Waals surface area contributed by atoms with Crippen molar-refractivity contribution in [2.75, 3.05) is 12.4 Å². The molecule has 0 heterocycles. The average molecular weight is 339 g/mol. The van der Waals surface area contributed by atoms with E-state index in [9.17, 15) is 9.59 Å². The predicted molar refractivity (Wildman–Crippen MR) is 100 cm³/mol. The molecule has 0 aliphatic heterocycles. The Morgan fingerprint density at radius 2 is 1.64 bits per heavy atom. The molecule has 0 aliphatic rings. The fraction of sp³-hybridized carbons (Fsp3) is 0.300. The van der Waals surface area contributed by atoms with Gasteiger partial charge in [0.25, 0.3) is 0 Å². The van der Waals surface area contributed by atoms with E-state index in [-0.39, 0.29) is 18.0 Å². The minimum absolute atomic E-state index is 0.0281. The van der Waals surface area contributed by atoms with Gasteiger partial charge >= 0.3 is 6.03 Å². The number of rotatable bonds is 5. The highest BCUT2D eigenvalue weighted by Gasteiger charge is 2.17. The Hall–Kier alpha value is -2.82. The van der Waals surface area contributed by atoms with Crippen molar-refractivity contribution in [2.24, 2.45) is 0 Å². The lowest BCUT2D eigenvalue weighted by Gasteiger charge is -2.25. The first-order valence-electron chi connectivity index (χ1n) is 8.30. The van der Waals surface area contributed by atoms with Crippen molar-refractivity contribution < 1.29 is 9.59 Å². The van der Waals surface area contributed by atoms with Crippen LogP contribution in [-0.4, -0.2) is 23.9 Å². The zero-order chi connectivity index (χ0) is 18.4. The van der Waals surface area contributed by atoms with Crippen molar-refractivity contribution in [3.8, 4) is 0 Å². The Morgan fingerprint density at radius 3 is 2.20 bits per heavy atom. The van der Waals surface area contributed by atoms with E-state index in [4.69, 9.17) is 0 Å². The summed E-state index contributed by atoms with van der Waals surface area (Å²) in [6.07, 6.45) is 0. The summed E-state index contributed by atoms with van der Waals surface area (Å²) in [5, 5.41) is 5.64. The standard InChI is InChI=1S/C20H25N3O2/c1-14-5-9-18(10-6-14)15(2)23(4)20(25)22-19-11-7-17(8-12-19)13-21-16(3)24/h5-12,15H,13H2,1-4H3,(H,21,24)(H,22,25)/t15-/m0/s1. The molecule has 0 aliphatic carbocycles. The van der Waals surface area contributed by atoms with Gasteiger partial charge in [-0.1, -0.05) is 42.0 Å². The van der Waals surface area contributed by atoms with Crippen LogP contribution in [0.3, 0.4) is 0 Å². The molecular formula is C20H25N3O2. The third-order valence-corrected chi connectivity index (χ3v) is 4.21. The van der Waals surface area contributed by atoms with Crippen LogP contribution in [0, 0.1) is 6.92 Å². The van der Waals surface area contributed by atoms with E-state index in [0.717, 1.165) is 16.8 Å². The molecule has 0 spiro atoms. The van der Waals surface area contributed by atoms with Crippen LogP contribution in [-0.2, 0) is 11.3 Å². The van der Waals surface area contributed by atoms with Gasteiger partial charge in [0.05, 0.1) is 6.04 Å². The molecule has 0 radical (unpaired) electrons. The molecule has 0 fully saturated rings. The second-order valence-corrected chi connectivity index (χ2v) is 6.23. The molecule has 2 N–H and O–H groups in total. The van der Waals surface area contributed by atoms with E-state index in [2.05, 4.69) is 10.6 Å². The van der Waals surface area contributed by atoms with Crippen molar-refractivity contribution in [1.82, 2.24) is 10.2 Å². The Kier molecular flexibility index (Phi) is 6.17. The molecule has 2 rings (SSSR count). The third kappa shape index (κ3) is 5.35. The summed E-state index contributed by atoms with van der Waals surface area (Å²) in [5.74, 6) is -0.0657. The number of carbonyl (C=O) groups excluding carboxylic acids is 2. The maximum atomic E-state index is 12.5. The first-order chi connectivity index (χ1) is 11.9. The molecule has 5 heteroatoms. The number of aryl methyl sites for hydroxylation is 1. The molecule has 0 bridgehead atoms. The zero-order valence-corrected chi connectivity index (χ0v) is 15.2. The highest BCUT2D eigenvalue weighted by Crippen LogP contribution is 2.20. The summed E-state index contributed by atoms with van der Waals surface area (Å²) in [4.78, 5) is 25.1. The molecular weight excluding hydrogens is 314 g/mol. The van der Waals surface area contributed by atoms with E-state index >= 15 is 0 Å². The van der Waals surface area contributed by atoms with Crippen LogP contribution < -0.4 is 10.6 Å². The van der Waals surface area contributed by atoms with Crippen LogP contribution in [0.25, 0.3) is 0 Å². The lowest BCUT2D eigenvalue weighted by molar-refractivity contribution is -0.119. The van der Waals surface area contributed by atoms with Gasteiger partial charge < -0.3 is 15.5 Å². The van der Waals surface area contributed by atoms with E-state index in [1.807, 2.05) is 62.4 Å². The van der Waals surface area contributed by atoms with Crippen LogP contribution in [0.4, 0.5) is 10.5 Å². The maximum absolute atomic E-state index is 12.5. The van der Waals surface area contributed by atoms with Gasteiger partial charge in [0.15, 0.2) is 0 Å². The quantitative estimate of drug-likeness (QED) is 0.869. The number of hydrogen-bond acceptors (Lipinski definition) is 2. The second kappa shape index (κ2) is 8.33. The summed E-state index contributed by atoms with van der Waals surface area (Å²) < 4.78 is 0. The molecule has 1 atom stereocenters. The van der Waals surface area contributed by atoms with Gasteiger partial charge in [0, 0.05) is 26.2 Å². The van der Waals surface area contributed by atoms with Crippen LogP contribution >= 0.6 is 0 Å². The van der Waals surface area contributed by atoms with Crippen LogP contribution in [0.5, 0.6) is 0 Å². The number of hydrogen-bond donors (Lipinski definition) is 2. The molecule has 132 valence electrons. The van der Waals surface area contributed by atoms with Gasteiger partial charge in [-0.05, 0) is 37.1 Å². The Balaban J connectivity index is 1.96. The zero-order valence-electron chi connectivity index (χ0n) is 15.2. The number of anilines is 1. The summed E-state index contributed by atoms with van der Waals surface area (Å²) in [5.41, 5.74) is 3.99. The van der Waals surface area contributed by atoms with Crippen molar-refractivity contribution in [3.63, 3.8) is 0 Å². The van der Waals surface area contributed by atoms with E-state index in [1.165, 1.54) is 12.5 Å². The molecule has 2 aromatic rings. The van der Waals surface area contributed by atoms with Crippen LogP contribution in [0.1, 0.15) is 36.6 Å². The number of benzene rings is 2. The lowest BCUT2D eigenvalue weighted by atomic mass is 10.1. The molecule has 25 heavy (non-hydrogen) atoms. The normalized spacial score (nSPS) is 11.5. The number of carbonyl (C=O) groups is 2. The highest BCUT2D eigenvalue weighted by molar-refractivity contribution is 5.89. The number of urea groups is 1. The van der Waals surface area contributed by atoms with Crippen molar-refractivity contribution in [1.29, 1.82) is 0 Å². The van der Waals surface area contributed by atoms with Crippen LogP contribution in [0.15, 0.2) is 48.5 Å². The van der Waals surface area contributed by atoms with Crippen molar-refractivity contribution in [2.45, 2.75) is 33.4 Å². The molecule has 3 amide bonds. The Morgan fingerprint density at radius 1 is 1.04 bits per heavy atom. The van der Waals surface area contributed by atoms with Gasteiger partial charge in [-0.3, -0.25) is 4.79 Å². The first-order valence-corrected chi connectivity index (χ1v) is 8.30. The predicted octanol–water partition coefficient (Wildman–Crippen LogP) is 3.86. The van der Waals surface area contributed by atoms with Crippen molar-refractivity contribution >= 4 is 17.6 Å². The SMILES string of the molecule is CC(=O)NCc1ccc(NC(=O)N(C)[C@@H](C)c2ccc(C)cc2)cc1. The van der Waals surface area contributed by atoms with Gasteiger partial charge in [0.2, 0.25) is 5.91 Å². The van der Waals surface area contributed by atoms with Crippen molar-refractivity contribution in [3.05, 3.63) is 65.2 Å². The van der Waals surface area contributed by atoms with Crippen LogP contribution in [0.2, 0.25) is 0 Å². The molecule has 0 unspecified atom stereocenters. The summed E-state index contributed by atoms with van der Waals surface area (Å²) in [6, 6.07) is 15.4. The topological polar surface area (TPSA) is 61.4 Å². The minimum atomic E-state index is -0.164. The number of nitrogens with zero attached hydrogens (tertiary/aromatic N) is 1. The smallest absolute Gasteiger partial charge is 0.322 e. The van der Waals surface area contributed by atoms with Gasteiger partial charge in [-0.15, -0.1) is 0 Å². The first kappa shape index (κ1) is 18.5. The Bertz CT molecular complexity index is 724. The number of nitrogens with one attached hydrogen (secondary N) is 2. The van der Waals surface area contributed by atoms with Gasteiger partial charge in [0.1, 0.15) is 0 Å². The lowest BCUT2D eigenvalue weighted by Crippen LogP contribution is -2.33. The largest absolute Gasteiger partial charge is 0.352 e. The minimum Gasteiger partial charge on any atom is -0.352 e. The summed E-state index contributed by atoms with van der Waals surface area (Å²) in [7, 11) is 1.78. The molecule has 5 nitrogen and oxygen atoms in total. The fourth-order valence-corrected chi connectivity index (χ4v) is 2.39. The van der Waals surface area contributed by atoms with E-state index < -0.39 is 0 Å². The monoisotopic (exact) mass is 339 g/mol. The second-order valence-electron chi connectivity index (χ2n) is 6.23. The average Bonchev–Trinajstić information content (AvgIpc) is 2.60. The van der Waals surface area contributed by atoms with Gasteiger partial charge in [-0.25, -0.2) is 4.79 Å². The Labute approximate surface area is 149 Å². The molecule has 0 aromatic heterocycles. The fourth-order valence-electron chi connectivity index (χ4n) is 2.39. The molecule has 0 saturated heterocycles.